The van der Waals surface area contributed by atoms with Gasteiger partial charge in [-0.15, -0.1) is 0 Å². The van der Waals surface area contributed by atoms with Crippen molar-refractivity contribution in [1.29, 1.82) is 0 Å². The predicted octanol–water partition coefficient (Wildman–Crippen LogP) is 5.32. The highest BCUT2D eigenvalue weighted by Crippen LogP contribution is 2.31. The van der Waals surface area contributed by atoms with E-state index in [9.17, 15) is 9.59 Å². The van der Waals surface area contributed by atoms with Crippen molar-refractivity contribution in [2.24, 2.45) is 4.99 Å². The lowest BCUT2D eigenvalue weighted by molar-refractivity contribution is -0.149. The SMILES string of the molecule is CC(C)OC(=O)COc1ccc(/C=C2\SC(=Nc3ccc(Br)c(Cl)c3)NC2=O)cc1. The molecule has 2 aromatic rings. The van der Waals surface area contributed by atoms with Gasteiger partial charge in [0.05, 0.1) is 21.7 Å². The molecule has 0 aromatic heterocycles. The Morgan fingerprint density at radius 1 is 1.27 bits per heavy atom. The number of carbonyl (C=O) groups excluding carboxylic acids is 2. The number of amides is 1. The summed E-state index contributed by atoms with van der Waals surface area (Å²) in [6.07, 6.45) is 1.58. The van der Waals surface area contributed by atoms with E-state index in [4.69, 9.17) is 21.1 Å². The maximum atomic E-state index is 12.2. The van der Waals surface area contributed by atoms with E-state index in [1.165, 1.54) is 11.8 Å². The van der Waals surface area contributed by atoms with Crippen LogP contribution in [0.5, 0.6) is 5.75 Å². The lowest BCUT2D eigenvalue weighted by Crippen LogP contribution is -2.19. The monoisotopic (exact) mass is 508 g/mol. The number of hydrogen-bond donors (Lipinski definition) is 1. The fourth-order valence-electron chi connectivity index (χ4n) is 2.40. The van der Waals surface area contributed by atoms with Gasteiger partial charge in [-0.25, -0.2) is 9.79 Å². The molecule has 156 valence electrons. The highest BCUT2D eigenvalue weighted by atomic mass is 79.9. The molecule has 30 heavy (non-hydrogen) atoms. The van der Waals surface area contributed by atoms with Crippen LogP contribution in [-0.2, 0) is 14.3 Å². The Morgan fingerprint density at radius 3 is 2.67 bits per heavy atom. The molecule has 1 amide bonds. The van der Waals surface area contributed by atoms with Gasteiger partial charge in [0.2, 0.25) is 0 Å². The molecule has 0 unspecified atom stereocenters. The fraction of sp³-hybridized carbons (Fsp3) is 0.190. The molecule has 1 N–H and O–H groups in total. The minimum Gasteiger partial charge on any atom is -0.482 e. The third-order valence-electron chi connectivity index (χ3n) is 3.69. The van der Waals surface area contributed by atoms with Crippen LogP contribution in [0.3, 0.4) is 0 Å². The van der Waals surface area contributed by atoms with Gasteiger partial charge in [-0.2, -0.15) is 0 Å². The van der Waals surface area contributed by atoms with Crippen LogP contribution in [0.2, 0.25) is 5.02 Å². The first-order valence-corrected chi connectivity index (χ1v) is 11.0. The number of nitrogens with zero attached hydrogens (tertiary/aromatic N) is 1. The standard InChI is InChI=1S/C21H18BrClN2O4S/c1-12(2)29-19(26)11-28-15-6-3-13(4-7-15)9-18-20(27)25-21(30-18)24-14-5-8-16(22)17(23)10-14/h3-10,12H,11H2,1-2H3,(H,24,25,27)/b18-9-. The Morgan fingerprint density at radius 2 is 2.00 bits per heavy atom. The van der Waals surface area contributed by atoms with Crippen LogP contribution in [-0.4, -0.2) is 29.8 Å². The molecule has 6 nitrogen and oxygen atoms in total. The van der Waals surface area contributed by atoms with E-state index in [0.717, 1.165) is 10.0 Å². The van der Waals surface area contributed by atoms with Crippen LogP contribution in [0.4, 0.5) is 5.69 Å². The summed E-state index contributed by atoms with van der Waals surface area (Å²) >= 11 is 10.7. The minimum atomic E-state index is -0.422. The van der Waals surface area contributed by atoms with Crippen molar-refractivity contribution in [2.45, 2.75) is 20.0 Å². The molecule has 0 aliphatic carbocycles. The van der Waals surface area contributed by atoms with E-state index in [2.05, 4.69) is 26.2 Å². The van der Waals surface area contributed by atoms with Crippen LogP contribution in [0, 0.1) is 0 Å². The number of hydrogen-bond acceptors (Lipinski definition) is 6. The number of carbonyl (C=O) groups is 2. The maximum Gasteiger partial charge on any atom is 0.344 e. The summed E-state index contributed by atoms with van der Waals surface area (Å²) in [4.78, 5) is 28.7. The quantitative estimate of drug-likeness (QED) is 0.421. The van der Waals surface area contributed by atoms with Crippen molar-refractivity contribution in [2.75, 3.05) is 6.61 Å². The van der Waals surface area contributed by atoms with E-state index in [-0.39, 0.29) is 18.6 Å². The van der Waals surface area contributed by atoms with Crippen LogP contribution in [0.15, 0.2) is 56.8 Å². The second-order valence-electron chi connectivity index (χ2n) is 6.48. The van der Waals surface area contributed by atoms with Gasteiger partial charge in [0.25, 0.3) is 5.91 Å². The first-order valence-electron chi connectivity index (χ1n) is 8.97. The largest absolute Gasteiger partial charge is 0.482 e. The molecule has 0 spiro atoms. The van der Waals surface area contributed by atoms with Gasteiger partial charge < -0.3 is 14.8 Å². The molecule has 1 saturated heterocycles. The molecule has 0 bridgehead atoms. The minimum absolute atomic E-state index is 0.156. The fourth-order valence-corrected chi connectivity index (χ4v) is 3.67. The zero-order chi connectivity index (χ0) is 21.7. The number of nitrogens with one attached hydrogen (secondary N) is 1. The van der Waals surface area contributed by atoms with Gasteiger partial charge in [0.15, 0.2) is 11.8 Å². The van der Waals surface area contributed by atoms with E-state index in [0.29, 0.717) is 26.5 Å². The molecule has 1 fully saturated rings. The average Bonchev–Trinajstić information content (AvgIpc) is 3.02. The van der Waals surface area contributed by atoms with Crippen LogP contribution in [0.1, 0.15) is 19.4 Å². The molecule has 0 atom stereocenters. The third kappa shape index (κ3) is 6.35. The third-order valence-corrected chi connectivity index (χ3v) is 5.83. The highest BCUT2D eigenvalue weighted by Gasteiger charge is 2.23. The van der Waals surface area contributed by atoms with Crippen molar-refractivity contribution in [1.82, 2.24) is 5.32 Å². The summed E-state index contributed by atoms with van der Waals surface area (Å²) in [5, 5.41) is 3.76. The summed E-state index contributed by atoms with van der Waals surface area (Å²) in [6.45, 7) is 3.40. The first kappa shape index (κ1) is 22.4. The summed E-state index contributed by atoms with van der Waals surface area (Å²) in [5.41, 5.74) is 1.46. The average molecular weight is 510 g/mol. The molecule has 1 aliphatic heterocycles. The summed E-state index contributed by atoms with van der Waals surface area (Å²) in [6, 6.07) is 12.4. The van der Waals surface area contributed by atoms with Gasteiger partial charge in [-0.3, -0.25) is 4.79 Å². The second-order valence-corrected chi connectivity index (χ2v) is 8.77. The van der Waals surface area contributed by atoms with E-state index >= 15 is 0 Å². The van der Waals surface area contributed by atoms with Gasteiger partial charge in [0, 0.05) is 4.47 Å². The van der Waals surface area contributed by atoms with Crippen molar-refractivity contribution in [3.05, 3.63) is 62.4 Å². The Hall–Kier alpha value is -2.29. The topological polar surface area (TPSA) is 77.0 Å². The van der Waals surface area contributed by atoms with E-state index in [1.807, 2.05) is 0 Å². The predicted molar refractivity (Wildman–Crippen MR) is 123 cm³/mol. The lowest BCUT2D eigenvalue weighted by Gasteiger charge is -2.09. The summed E-state index contributed by atoms with van der Waals surface area (Å²) in [5.74, 6) is -0.108. The second kappa shape index (κ2) is 10.1. The summed E-state index contributed by atoms with van der Waals surface area (Å²) in [7, 11) is 0. The van der Waals surface area contributed by atoms with E-state index < -0.39 is 5.97 Å². The Balaban J connectivity index is 1.63. The lowest BCUT2D eigenvalue weighted by atomic mass is 10.2. The number of halogens is 2. The zero-order valence-electron chi connectivity index (χ0n) is 16.1. The Labute approximate surface area is 191 Å². The molecule has 0 radical (unpaired) electrons. The molecule has 9 heteroatoms. The molecule has 3 rings (SSSR count). The number of ether oxygens (including phenoxy) is 2. The smallest absolute Gasteiger partial charge is 0.344 e. The maximum absolute atomic E-state index is 12.2. The van der Waals surface area contributed by atoms with Crippen LogP contribution < -0.4 is 10.1 Å². The number of benzene rings is 2. The van der Waals surface area contributed by atoms with Gasteiger partial charge in [0.1, 0.15) is 5.75 Å². The first-order chi connectivity index (χ1) is 14.3. The summed E-state index contributed by atoms with van der Waals surface area (Å²) < 4.78 is 11.2. The Bertz CT molecular complexity index is 1020. The van der Waals surface area contributed by atoms with Gasteiger partial charge >= 0.3 is 5.97 Å². The highest BCUT2D eigenvalue weighted by molar-refractivity contribution is 9.10. The Kier molecular flexibility index (Phi) is 7.58. The number of thioether (sulfide) groups is 1. The van der Waals surface area contributed by atoms with Crippen LogP contribution in [0.25, 0.3) is 6.08 Å². The molecule has 2 aromatic carbocycles. The van der Waals surface area contributed by atoms with Crippen molar-refractivity contribution < 1.29 is 19.1 Å². The molecular formula is C21H18BrClN2O4S. The number of aliphatic imine (C=N–C) groups is 1. The van der Waals surface area contributed by atoms with Gasteiger partial charge in [-0.05, 0) is 83.5 Å². The zero-order valence-corrected chi connectivity index (χ0v) is 19.3. The molecular weight excluding hydrogens is 492 g/mol. The van der Waals surface area contributed by atoms with Crippen molar-refractivity contribution in [3.63, 3.8) is 0 Å². The van der Waals surface area contributed by atoms with Gasteiger partial charge in [-0.1, -0.05) is 23.7 Å². The molecule has 1 aliphatic rings. The van der Waals surface area contributed by atoms with Crippen LogP contribution >= 0.6 is 39.3 Å². The van der Waals surface area contributed by atoms with E-state index in [1.54, 1.807) is 62.4 Å². The normalized spacial score (nSPS) is 16.2. The number of esters is 1. The van der Waals surface area contributed by atoms with Crippen molar-refractivity contribution in [3.8, 4) is 5.75 Å². The molecule has 1 heterocycles. The molecule has 0 saturated carbocycles. The number of rotatable bonds is 6. The van der Waals surface area contributed by atoms with Crippen molar-refractivity contribution >= 4 is 68.1 Å². The number of amidine groups is 1.